The molecule has 45 heavy (non-hydrogen) atoms. The summed E-state index contributed by atoms with van der Waals surface area (Å²) in [6, 6.07) is 16.1. The van der Waals surface area contributed by atoms with E-state index in [1.165, 1.54) is 38.4 Å². The minimum atomic E-state index is -0.458. The lowest BCUT2D eigenvalue weighted by Crippen LogP contribution is -2.58. The van der Waals surface area contributed by atoms with E-state index in [9.17, 15) is 9.18 Å². The first kappa shape index (κ1) is 28.6. The van der Waals surface area contributed by atoms with E-state index in [4.69, 9.17) is 9.97 Å². The molecular formula is C36H42FN7O. The van der Waals surface area contributed by atoms with Gasteiger partial charge >= 0.3 is 0 Å². The average molecular weight is 608 g/mol. The SMILES string of the molecule is CC(C)n1cnc2cc(-c3ccc4c(c3)N([C@H]3C[C@@H](N5CCCCC5)C3)C(=O)C43CCNCC3)nc(Nc3ccccc3F)c21. The largest absolute Gasteiger partial charge is 0.336 e. The maximum absolute atomic E-state index is 14.8. The van der Waals surface area contributed by atoms with Crippen LogP contribution in [-0.2, 0) is 10.2 Å². The molecule has 8 rings (SSSR count). The molecule has 0 atom stereocenters. The summed E-state index contributed by atoms with van der Waals surface area (Å²) in [4.78, 5) is 29.1. The average Bonchev–Trinajstić information content (AvgIpc) is 3.57. The number of fused-ring (bicyclic) bond motifs is 3. The third kappa shape index (κ3) is 4.74. The number of rotatable bonds is 6. The number of carbonyl (C=O) groups is 1. The molecule has 0 radical (unpaired) electrons. The first-order valence-corrected chi connectivity index (χ1v) is 16.8. The van der Waals surface area contributed by atoms with Crippen LogP contribution in [0.1, 0.15) is 70.4 Å². The Bertz CT molecular complexity index is 1750. The minimum Gasteiger partial charge on any atom is -0.336 e. The van der Waals surface area contributed by atoms with Gasteiger partial charge in [0.15, 0.2) is 5.82 Å². The lowest BCUT2D eigenvalue weighted by molar-refractivity contribution is -0.125. The van der Waals surface area contributed by atoms with Gasteiger partial charge in [-0.2, -0.15) is 0 Å². The van der Waals surface area contributed by atoms with Crippen molar-refractivity contribution in [2.24, 2.45) is 0 Å². The van der Waals surface area contributed by atoms with E-state index in [1.807, 2.05) is 18.5 Å². The number of carbonyl (C=O) groups excluding carboxylic acids is 1. The summed E-state index contributed by atoms with van der Waals surface area (Å²) in [5.74, 6) is 0.500. The van der Waals surface area contributed by atoms with E-state index in [1.54, 1.807) is 12.1 Å². The van der Waals surface area contributed by atoms with Crippen LogP contribution in [0, 0.1) is 5.82 Å². The maximum atomic E-state index is 14.8. The Morgan fingerprint density at radius 3 is 2.53 bits per heavy atom. The van der Waals surface area contributed by atoms with Crippen molar-refractivity contribution in [3.8, 4) is 11.3 Å². The van der Waals surface area contributed by atoms with Crippen LogP contribution < -0.4 is 15.5 Å². The first-order valence-electron chi connectivity index (χ1n) is 16.8. The number of halogens is 1. The zero-order valence-electron chi connectivity index (χ0n) is 26.2. The van der Waals surface area contributed by atoms with Gasteiger partial charge in [-0.1, -0.05) is 30.7 Å². The highest BCUT2D eigenvalue weighted by atomic mass is 19.1. The second kappa shape index (κ2) is 11.2. The number of anilines is 3. The lowest BCUT2D eigenvalue weighted by atomic mass is 9.74. The van der Waals surface area contributed by atoms with Crippen molar-refractivity contribution >= 4 is 34.1 Å². The number of hydrogen-bond acceptors (Lipinski definition) is 6. The second-order valence-corrected chi connectivity index (χ2v) is 13.7. The van der Waals surface area contributed by atoms with Crippen molar-refractivity contribution in [2.45, 2.75) is 82.3 Å². The smallest absolute Gasteiger partial charge is 0.238 e. The number of pyridine rings is 1. The molecule has 2 N–H and O–H groups in total. The van der Waals surface area contributed by atoms with Gasteiger partial charge < -0.3 is 25.0 Å². The van der Waals surface area contributed by atoms with Gasteiger partial charge in [0.2, 0.25) is 5.91 Å². The Labute approximate surface area is 264 Å². The van der Waals surface area contributed by atoms with E-state index >= 15 is 0 Å². The molecular weight excluding hydrogens is 565 g/mol. The minimum absolute atomic E-state index is 0.154. The molecule has 1 saturated carbocycles. The van der Waals surface area contributed by atoms with Crippen molar-refractivity contribution in [1.29, 1.82) is 0 Å². The summed E-state index contributed by atoms with van der Waals surface area (Å²) in [5, 5.41) is 6.74. The number of aromatic nitrogens is 3. The highest BCUT2D eigenvalue weighted by molar-refractivity contribution is 6.09. The number of nitrogens with zero attached hydrogens (tertiary/aromatic N) is 5. The summed E-state index contributed by atoms with van der Waals surface area (Å²) in [6.07, 6.45) is 9.45. The first-order chi connectivity index (χ1) is 21.9. The highest BCUT2D eigenvalue weighted by Crippen LogP contribution is 2.51. The molecule has 1 amide bonds. The predicted molar refractivity (Wildman–Crippen MR) is 177 cm³/mol. The summed E-state index contributed by atoms with van der Waals surface area (Å²) < 4.78 is 16.9. The molecule has 8 nitrogen and oxygen atoms in total. The third-order valence-corrected chi connectivity index (χ3v) is 10.7. The monoisotopic (exact) mass is 607 g/mol. The quantitative estimate of drug-likeness (QED) is 0.259. The Kier molecular flexibility index (Phi) is 7.13. The third-order valence-electron chi connectivity index (χ3n) is 10.7. The van der Waals surface area contributed by atoms with Crippen LogP contribution in [0.5, 0.6) is 0 Å². The number of hydrogen-bond donors (Lipinski definition) is 2. The van der Waals surface area contributed by atoms with Gasteiger partial charge in [-0.3, -0.25) is 4.79 Å². The number of piperidine rings is 2. The van der Waals surface area contributed by atoms with Gasteiger partial charge in [0.05, 0.1) is 28.6 Å². The zero-order chi connectivity index (χ0) is 30.7. The van der Waals surface area contributed by atoms with Gasteiger partial charge in [-0.25, -0.2) is 14.4 Å². The van der Waals surface area contributed by atoms with Crippen molar-refractivity contribution in [3.05, 3.63) is 66.2 Å². The van der Waals surface area contributed by atoms with Gasteiger partial charge in [-0.15, -0.1) is 0 Å². The van der Waals surface area contributed by atoms with Crippen molar-refractivity contribution in [3.63, 3.8) is 0 Å². The molecule has 4 aromatic rings. The fourth-order valence-corrected chi connectivity index (χ4v) is 8.18. The molecule has 0 unspecified atom stereocenters. The molecule has 0 bridgehead atoms. The Morgan fingerprint density at radius 1 is 1.00 bits per heavy atom. The van der Waals surface area contributed by atoms with Crippen molar-refractivity contribution in [1.82, 2.24) is 24.8 Å². The summed E-state index contributed by atoms with van der Waals surface area (Å²) in [5.41, 5.74) is 5.42. The van der Waals surface area contributed by atoms with Crippen LogP contribution in [-0.4, -0.2) is 63.6 Å². The molecule has 2 aromatic carbocycles. The number of amides is 1. The molecule has 9 heteroatoms. The van der Waals surface area contributed by atoms with Gasteiger partial charge in [0, 0.05) is 29.4 Å². The van der Waals surface area contributed by atoms with E-state index in [-0.39, 0.29) is 23.8 Å². The number of benzene rings is 2. The maximum Gasteiger partial charge on any atom is 0.238 e. The van der Waals surface area contributed by atoms with Crippen LogP contribution >= 0.6 is 0 Å². The van der Waals surface area contributed by atoms with Crippen molar-refractivity contribution in [2.75, 3.05) is 36.4 Å². The standard InChI is InChI=1S/C36H42FN7O/c1-23(2)43-22-39-31-21-30(41-34(33(31)43)40-29-9-5-4-8-28(29)37)24-10-11-27-32(18-24)44(35(45)36(27)12-14-38-15-13-36)26-19-25(20-26)42-16-6-3-7-17-42/h4-5,8-11,18,21-23,25-26,38H,3,6-7,12-17,19-20H2,1-2H3,(H,40,41)/t25-,26+. The van der Waals surface area contributed by atoms with Crippen molar-refractivity contribution < 1.29 is 9.18 Å². The van der Waals surface area contributed by atoms with Crippen LogP contribution in [0.2, 0.25) is 0 Å². The topological polar surface area (TPSA) is 78.3 Å². The summed E-state index contributed by atoms with van der Waals surface area (Å²) in [6.45, 7) is 8.27. The molecule has 4 aliphatic rings. The molecule has 3 fully saturated rings. The fourth-order valence-electron chi connectivity index (χ4n) is 8.18. The zero-order valence-corrected chi connectivity index (χ0v) is 26.2. The Hall–Kier alpha value is -3.82. The van der Waals surface area contributed by atoms with Gasteiger partial charge in [0.25, 0.3) is 0 Å². The molecule has 1 spiro atoms. The fraction of sp³-hybridized carbons (Fsp3) is 0.472. The molecule has 5 heterocycles. The Morgan fingerprint density at radius 2 is 1.78 bits per heavy atom. The van der Waals surface area contributed by atoms with Gasteiger partial charge in [-0.05, 0) is 108 Å². The number of likely N-dealkylation sites (tertiary alicyclic amines) is 1. The predicted octanol–water partition coefficient (Wildman–Crippen LogP) is 6.55. The molecule has 2 aromatic heterocycles. The normalized spacial score (nSPS) is 23.1. The summed E-state index contributed by atoms with van der Waals surface area (Å²) in [7, 11) is 0. The lowest BCUT2D eigenvalue weighted by Gasteiger charge is -2.48. The number of imidazole rings is 1. The Balaban J connectivity index is 1.20. The highest BCUT2D eigenvalue weighted by Gasteiger charge is 2.54. The number of nitrogens with one attached hydrogen (secondary N) is 2. The van der Waals surface area contributed by atoms with Crippen LogP contribution in [0.3, 0.4) is 0 Å². The van der Waals surface area contributed by atoms with E-state index in [2.05, 4.69) is 57.0 Å². The van der Waals surface area contributed by atoms with Crippen LogP contribution in [0.4, 0.5) is 21.6 Å². The molecule has 2 saturated heterocycles. The van der Waals surface area contributed by atoms with Crippen LogP contribution in [0.15, 0.2) is 54.9 Å². The van der Waals surface area contributed by atoms with E-state index in [0.717, 1.165) is 72.3 Å². The summed E-state index contributed by atoms with van der Waals surface area (Å²) >= 11 is 0. The molecule has 1 aliphatic carbocycles. The number of para-hydroxylation sites is 1. The molecule has 3 aliphatic heterocycles. The van der Waals surface area contributed by atoms with E-state index < -0.39 is 5.41 Å². The van der Waals surface area contributed by atoms with Gasteiger partial charge in [0.1, 0.15) is 11.3 Å². The van der Waals surface area contributed by atoms with E-state index in [0.29, 0.717) is 17.5 Å². The van der Waals surface area contributed by atoms with Crippen LogP contribution in [0.25, 0.3) is 22.3 Å². The molecule has 234 valence electrons. The second-order valence-electron chi connectivity index (χ2n) is 13.7.